The number of halogens is 2. The lowest BCUT2D eigenvalue weighted by atomic mass is 10.00. The summed E-state index contributed by atoms with van der Waals surface area (Å²) in [5.41, 5.74) is 3.11. The molecule has 14 nitrogen and oxygen atoms in total. The summed E-state index contributed by atoms with van der Waals surface area (Å²) in [5.74, 6) is 0.567. The standard InChI is InChI=1S/C40H38Cl2N8O6/c1-24(26-10-6-9-25(17-26)18-30(51)12-8-16-50(2,3)23-27-13-15-44-37(27)49(53)54)48-38-28(21-45-40(47-38)46-29-11-7-14-43-22-29)19-31(39(48)52)34-35(41)32(55-4)20-33(56-5)36(34)42/h6-12,14-15,17,19-22,24H,13,16,18,23H2,1-5H3/p+1/b12-8+. The molecule has 16 heteroatoms. The molecule has 2 aromatic carbocycles. The molecule has 3 aromatic heterocycles. The highest BCUT2D eigenvalue weighted by Gasteiger charge is 2.29. The summed E-state index contributed by atoms with van der Waals surface area (Å²) >= 11 is 13.6. The number of hydrogen-bond acceptors (Lipinski definition) is 11. The van der Waals surface area contributed by atoms with E-state index in [0.29, 0.717) is 46.3 Å². The summed E-state index contributed by atoms with van der Waals surface area (Å²) in [5, 5.41) is 15.3. The topological polar surface area (TPSA) is 164 Å². The average molecular weight is 799 g/mol. The number of ether oxygens (including phenoxy) is 2. The SMILES string of the molecule is COc1cc(OC)c(Cl)c(-c2cc3cnc(Nc4cccnc4)nc3n(C(C)c3cccc(CC(=O)/C=C/C[N+](C)(C)CC4=C([N+](=O)[O-])N=CC4)c3)c2=O)c1Cl. The first kappa shape index (κ1) is 39.7. The van der Waals surface area contributed by atoms with Crippen molar-refractivity contribution < 1.29 is 23.7 Å². The Morgan fingerprint density at radius 1 is 1.09 bits per heavy atom. The number of nitrogens with zero attached hydrogens (tertiary/aromatic N) is 7. The Kier molecular flexibility index (Phi) is 11.9. The number of aromatic nitrogens is 4. The zero-order valence-corrected chi connectivity index (χ0v) is 32.8. The van der Waals surface area contributed by atoms with E-state index >= 15 is 0 Å². The van der Waals surface area contributed by atoms with E-state index in [4.69, 9.17) is 37.7 Å². The molecule has 1 aliphatic rings. The fraction of sp³-hybridized carbons (Fsp3) is 0.250. The van der Waals surface area contributed by atoms with E-state index in [1.165, 1.54) is 20.3 Å². The van der Waals surface area contributed by atoms with E-state index in [1.807, 2.05) is 51.4 Å². The van der Waals surface area contributed by atoms with Crippen LogP contribution in [0.1, 0.15) is 30.5 Å². The van der Waals surface area contributed by atoms with Crippen LogP contribution in [0.3, 0.4) is 0 Å². The number of anilines is 2. The Bertz CT molecular complexity index is 2460. The van der Waals surface area contributed by atoms with Crippen molar-refractivity contribution in [1.29, 1.82) is 0 Å². The van der Waals surface area contributed by atoms with Crippen molar-refractivity contribution in [2.24, 2.45) is 4.99 Å². The van der Waals surface area contributed by atoms with Gasteiger partial charge in [-0.05, 0) is 53.3 Å². The predicted octanol–water partition coefficient (Wildman–Crippen LogP) is 7.24. The second-order valence-corrected chi connectivity index (χ2v) is 14.6. The first-order valence-electron chi connectivity index (χ1n) is 17.5. The minimum absolute atomic E-state index is 0.102. The summed E-state index contributed by atoms with van der Waals surface area (Å²) in [4.78, 5) is 56.1. The van der Waals surface area contributed by atoms with E-state index < -0.39 is 16.5 Å². The van der Waals surface area contributed by atoms with Gasteiger partial charge in [0.05, 0.1) is 74.0 Å². The molecule has 1 N–H and O–H groups in total. The van der Waals surface area contributed by atoms with Crippen LogP contribution in [-0.2, 0) is 11.2 Å². The van der Waals surface area contributed by atoms with Crippen LogP contribution in [0.5, 0.6) is 11.5 Å². The molecule has 0 amide bonds. The second-order valence-electron chi connectivity index (χ2n) is 13.8. The Morgan fingerprint density at radius 2 is 1.84 bits per heavy atom. The minimum Gasteiger partial charge on any atom is -0.495 e. The summed E-state index contributed by atoms with van der Waals surface area (Å²) in [6.07, 6.45) is 10.3. The van der Waals surface area contributed by atoms with Crippen molar-refractivity contribution in [2.75, 3.05) is 46.7 Å². The number of pyridine rings is 2. The van der Waals surface area contributed by atoms with Crippen LogP contribution in [0.15, 0.2) is 100 Å². The van der Waals surface area contributed by atoms with Gasteiger partial charge < -0.3 is 29.4 Å². The third-order valence-corrected chi connectivity index (χ3v) is 10.0. The number of aliphatic imine (C=N–C) groups is 1. The number of likely N-dealkylation sites (N-methyl/N-ethyl adjacent to an activating group) is 1. The number of fused-ring (bicyclic) bond motifs is 1. The molecule has 1 unspecified atom stereocenters. The van der Waals surface area contributed by atoms with Crippen LogP contribution in [-0.4, -0.2) is 82.3 Å². The van der Waals surface area contributed by atoms with Gasteiger partial charge in [-0.1, -0.05) is 52.5 Å². The minimum atomic E-state index is -0.599. The molecule has 288 valence electrons. The van der Waals surface area contributed by atoms with Crippen molar-refractivity contribution in [2.45, 2.75) is 25.8 Å². The largest absolute Gasteiger partial charge is 0.495 e. The van der Waals surface area contributed by atoms with Crippen LogP contribution in [0, 0.1) is 10.1 Å². The van der Waals surface area contributed by atoms with Crippen molar-refractivity contribution in [3.63, 3.8) is 0 Å². The van der Waals surface area contributed by atoms with Crippen molar-refractivity contribution in [3.8, 4) is 22.6 Å². The molecule has 0 aliphatic carbocycles. The first-order valence-corrected chi connectivity index (χ1v) is 18.2. The molecule has 6 rings (SSSR count). The monoisotopic (exact) mass is 797 g/mol. The number of rotatable bonds is 15. The number of nitro groups is 1. The van der Waals surface area contributed by atoms with Crippen molar-refractivity contribution in [1.82, 2.24) is 19.5 Å². The zero-order chi connectivity index (χ0) is 40.1. The van der Waals surface area contributed by atoms with Crippen molar-refractivity contribution >= 4 is 57.9 Å². The maximum absolute atomic E-state index is 14.8. The molecule has 0 bridgehead atoms. The molecule has 0 radical (unpaired) electrons. The van der Waals surface area contributed by atoms with Gasteiger partial charge in [0.1, 0.15) is 29.9 Å². The molecule has 0 spiro atoms. The Labute approximate surface area is 332 Å². The third kappa shape index (κ3) is 8.62. The third-order valence-electron chi connectivity index (χ3n) is 9.30. The number of quaternary nitrogens is 1. The molecule has 0 saturated carbocycles. The number of allylic oxidation sites excluding steroid dienone is 1. The molecule has 0 saturated heterocycles. The molecular formula is C40H39Cl2N8O6+. The zero-order valence-electron chi connectivity index (χ0n) is 31.3. The molecule has 4 heterocycles. The normalized spacial score (nSPS) is 13.4. The van der Waals surface area contributed by atoms with Crippen LogP contribution in [0.2, 0.25) is 10.0 Å². The van der Waals surface area contributed by atoms with Crippen molar-refractivity contribution in [3.05, 3.63) is 132 Å². The van der Waals surface area contributed by atoms with E-state index in [2.05, 4.69) is 20.3 Å². The van der Waals surface area contributed by atoms with E-state index in [-0.39, 0.29) is 56.6 Å². The van der Waals surface area contributed by atoms with Gasteiger partial charge in [-0.25, -0.2) is 4.98 Å². The van der Waals surface area contributed by atoms with Crippen LogP contribution in [0.25, 0.3) is 22.2 Å². The van der Waals surface area contributed by atoms with Gasteiger partial charge in [-0.2, -0.15) is 4.98 Å². The summed E-state index contributed by atoms with van der Waals surface area (Å²) in [6.45, 7) is 2.78. The number of hydrogen-bond donors (Lipinski definition) is 1. The maximum Gasteiger partial charge on any atom is 0.368 e. The Morgan fingerprint density at radius 3 is 2.52 bits per heavy atom. The molecule has 0 fully saturated rings. The number of ketones is 1. The number of benzene rings is 2. The van der Waals surface area contributed by atoms with E-state index in [1.54, 1.807) is 53.6 Å². The van der Waals surface area contributed by atoms with Crippen LogP contribution in [0.4, 0.5) is 11.6 Å². The van der Waals surface area contributed by atoms with Gasteiger partial charge in [-0.3, -0.25) is 19.1 Å². The second kappa shape index (κ2) is 16.8. The van der Waals surface area contributed by atoms with Gasteiger partial charge >= 0.3 is 5.82 Å². The molecule has 1 atom stereocenters. The fourth-order valence-electron chi connectivity index (χ4n) is 6.57. The number of carbonyl (C=O) groups is 1. The predicted molar refractivity (Wildman–Crippen MR) is 217 cm³/mol. The lowest BCUT2D eigenvalue weighted by Crippen LogP contribution is -2.41. The van der Waals surface area contributed by atoms with Crippen LogP contribution < -0.4 is 20.3 Å². The van der Waals surface area contributed by atoms with Gasteiger partial charge in [-0.15, -0.1) is 0 Å². The lowest BCUT2D eigenvalue weighted by molar-refractivity contribution is -0.880. The lowest BCUT2D eigenvalue weighted by Gasteiger charge is -2.28. The first-order chi connectivity index (χ1) is 26.8. The smallest absolute Gasteiger partial charge is 0.368 e. The highest BCUT2D eigenvalue weighted by Crippen LogP contribution is 2.45. The highest BCUT2D eigenvalue weighted by atomic mass is 35.5. The summed E-state index contributed by atoms with van der Waals surface area (Å²) in [7, 11) is 6.80. The quantitative estimate of drug-likeness (QED) is 0.0495. The number of carbonyl (C=O) groups excluding carboxylic acids is 1. The Hall–Kier alpha value is -5.96. The highest BCUT2D eigenvalue weighted by molar-refractivity contribution is 6.41. The molecular weight excluding hydrogens is 759 g/mol. The summed E-state index contributed by atoms with van der Waals surface area (Å²) in [6, 6.07) is 13.6. The molecule has 56 heavy (non-hydrogen) atoms. The van der Waals surface area contributed by atoms with E-state index in [9.17, 15) is 19.7 Å². The van der Waals surface area contributed by atoms with Crippen LogP contribution >= 0.6 is 23.2 Å². The fourth-order valence-corrected chi connectivity index (χ4v) is 7.27. The van der Waals surface area contributed by atoms with Gasteiger partial charge in [0.25, 0.3) is 5.56 Å². The van der Waals surface area contributed by atoms with Gasteiger partial charge in [0, 0.05) is 42.3 Å². The van der Waals surface area contributed by atoms with Gasteiger partial charge in [0.2, 0.25) is 5.95 Å². The Balaban J connectivity index is 1.34. The van der Waals surface area contributed by atoms with Gasteiger partial charge in [0.15, 0.2) is 5.78 Å². The number of methoxy groups -OCH3 is 2. The molecule has 1 aliphatic heterocycles. The van der Waals surface area contributed by atoms with E-state index in [0.717, 1.165) is 11.1 Å². The molecule has 5 aromatic rings. The average Bonchev–Trinajstić information content (AvgIpc) is 3.63. The summed E-state index contributed by atoms with van der Waals surface area (Å²) < 4.78 is 13.0. The maximum atomic E-state index is 14.8. The number of nitrogens with one attached hydrogen (secondary N) is 1.